The molecule has 6 rings (SSSR count). The van der Waals surface area contributed by atoms with Crippen LogP contribution in [0.15, 0.2) is 85.3 Å². The lowest BCUT2D eigenvalue weighted by Crippen LogP contribution is -2.44. The van der Waals surface area contributed by atoms with Gasteiger partial charge in [0.15, 0.2) is 0 Å². The van der Waals surface area contributed by atoms with Crippen molar-refractivity contribution in [2.75, 3.05) is 18.0 Å². The summed E-state index contributed by atoms with van der Waals surface area (Å²) in [5, 5.41) is 0. The van der Waals surface area contributed by atoms with Crippen molar-refractivity contribution in [2.24, 2.45) is 0 Å². The Labute approximate surface area is 276 Å². The molecule has 0 spiro atoms. The topological polar surface area (TPSA) is 32.3 Å². The molecule has 0 aliphatic carbocycles. The van der Waals surface area contributed by atoms with Gasteiger partial charge in [-0.1, -0.05) is 29.8 Å². The van der Waals surface area contributed by atoms with Gasteiger partial charge in [-0.15, -0.1) is 0 Å². The molecule has 3 heterocycles. The summed E-state index contributed by atoms with van der Waals surface area (Å²) in [6.45, 7) is 19.3. The molecule has 4 heteroatoms. The Morgan fingerprint density at radius 3 is 1.89 bits per heavy atom. The van der Waals surface area contributed by atoms with Crippen LogP contribution in [-0.2, 0) is 13.1 Å². The smallest absolute Gasteiger partial charge is 0.0705 e. The van der Waals surface area contributed by atoms with E-state index in [1.165, 1.54) is 72.4 Å². The molecule has 3 aromatic carbocycles. The van der Waals surface area contributed by atoms with Crippen molar-refractivity contribution < 1.29 is 0 Å². The second-order valence-corrected chi connectivity index (χ2v) is 13.6. The van der Waals surface area contributed by atoms with E-state index >= 15 is 0 Å². The third-order valence-corrected chi connectivity index (χ3v) is 10.2. The van der Waals surface area contributed by atoms with E-state index in [-0.39, 0.29) is 0 Å². The van der Waals surface area contributed by atoms with Crippen LogP contribution in [0.25, 0.3) is 22.4 Å². The summed E-state index contributed by atoms with van der Waals surface area (Å²) in [5.74, 6) is 0. The van der Waals surface area contributed by atoms with Gasteiger partial charge in [-0.05, 0) is 154 Å². The molecule has 0 atom stereocenters. The molecule has 2 aromatic heterocycles. The van der Waals surface area contributed by atoms with Gasteiger partial charge in [0.25, 0.3) is 0 Å². The maximum Gasteiger partial charge on any atom is 0.0705 e. The fraction of sp³-hybridized carbons (Fsp3) is 0.333. The quantitative estimate of drug-likeness (QED) is 0.176. The van der Waals surface area contributed by atoms with Crippen LogP contribution in [0, 0.1) is 48.5 Å². The summed E-state index contributed by atoms with van der Waals surface area (Å²) in [5.41, 5.74) is 17.9. The first-order chi connectivity index (χ1) is 22.1. The summed E-state index contributed by atoms with van der Waals surface area (Å²) in [7, 11) is 0. The highest BCUT2D eigenvalue weighted by atomic mass is 15.2. The number of piperidine rings is 1. The fourth-order valence-electron chi connectivity index (χ4n) is 6.86. The lowest BCUT2D eigenvalue weighted by molar-refractivity contribution is 0.200. The van der Waals surface area contributed by atoms with E-state index < -0.39 is 0 Å². The number of nitrogens with zero attached hydrogens (tertiary/aromatic N) is 4. The molecule has 1 aliphatic rings. The first kappa shape index (κ1) is 31.7. The van der Waals surface area contributed by atoms with Gasteiger partial charge in [-0.3, -0.25) is 14.9 Å². The first-order valence-electron chi connectivity index (χ1n) is 16.8. The van der Waals surface area contributed by atoms with Crippen molar-refractivity contribution in [3.8, 4) is 22.4 Å². The molecule has 0 radical (unpaired) electrons. The molecule has 0 N–H and O–H groups in total. The molecular formula is C42H48N4. The van der Waals surface area contributed by atoms with Crippen molar-refractivity contribution >= 4 is 5.69 Å². The Morgan fingerprint density at radius 1 is 0.652 bits per heavy atom. The molecule has 0 bridgehead atoms. The number of anilines is 1. The number of aromatic nitrogens is 2. The molecule has 46 heavy (non-hydrogen) atoms. The second-order valence-electron chi connectivity index (χ2n) is 13.6. The first-order valence-corrected chi connectivity index (χ1v) is 16.8. The van der Waals surface area contributed by atoms with Crippen LogP contribution in [0.3, 0.4) is 0 Å². The number of benzene rings is 3. The minimum Gasteiger partial charge on any atom is -0.364 e. The molecule has 1 fully saturated rings. The highest BCUT2D eigenvalue weighted by Gasteiger charge is 2.26. The van der Waals surface area contributed by atoms with Crippen LogP contribution in [0.4, 0.5) is 5.69 Å². The van der Waals surface area contributed by atoms with E-state index in [0.29, 0.717) is 6.04 Å². The Balaban J connectivity index is 1.17. The van der Waals surface area contributed by atoms with Gasteiger partial charge in [0.1, 0.15) is 0 Å². The summed E-state index contributed by atoms with van der Waals surface area (Å²) in [4.78, 5) is 14.7. The Morgan fingerprint density at radius 2 is 1.26 bits per heavy atom. The average molecular weight is 609 g/mol. The maximum atomic E-state index is 4.78. The van der Waals surface area contributed by atoms with Crippen LogP contribution in [0.5, 0.6) is 0 Å². The van der Waals surface area contributed by atoms with Crippen molar-refractivity contribution in [3.05, 3.63) is 135 Å². The normalized spacial score (nSPS) is 14.1. The van der Waals surface area contributed by atoms with Gasteiger partial charge in [0.05, 0.1) is 5.69 Å². The molecule has 1 aliphatic heterocycles. The van der Waals surface area contributed by atoms with Gasteiger partial charge in [-0.2, -0.15) is 0 Å². The van der Waals surface area contributed by atoms with Gasteiger partial charge in [0, 0.05) is 67.6 Å². The molecule has 0 saturated carbocycles. The highest BCUT2D eigenvalue weighted by molar-refractivity contribution is 5.66. The lowest BCUT2D eigenvalue weighted by Gasteiger charge is -2.40. The van der Waals surface area contributed by atoms with Crippen LogP contribution in [0.1, 0.15) is 62.9 Å². The maximum absolute atomic E-state index is 4.78. The van der Waals surface area contributed by atoms with Crippen LogP contribution >= 0.6 is 0 Å². The number of likely N-dealkylation sites (tertiary alicyclic amines) is 1. The monoisotopic (exact) mass is 608 g/mol. The third-order valence-electron chi connectivity index (χ3n) is 10.2. The van der Waals surface area contributed by atoms with Crippen molar-refractivity contribution in [1.82, 2.24) is 14.9 Å². The van der Waals surface area contributed by atoms with E-state index in [1.54, 1.807) is 0 Å². The SMILES string of the molecule is Cc1ccc(N(Cc2ccnc(-c3cc(C)c(C)c(C)c3)c2)C2CCN(Cc3cncc(-c4cc(C)c(C)c(C)c4)c3)CC2)cc1. The van der Waals surface area contributed by atoms with Gasteiger partial charge in [-0.25, -0.2) is 0 Å². The van der Waals surface area contributed by atoms with E-state index in [0.717, 1.165) is 44.7 Å². The average Bonchev–Trinajstić information content (AvgIpc) is 3.06. The zero-order valence-electron chi connectivity index (χ0n) is 28.7. The molecule has 1 saturated heterocycles. The van der Waals surface area contributed by atoms with Gasteiger partial charge < -0.3 is 4.90 Å². The Kier molecular flexibility index (Phi) is 9.37. The number of hydrogen-bond acceptors (Lipinski definition) is 4. The zero-order chi connectivity index (χ0) is 32.4. The minimum atomic E-state index is 0.474. The number of hydrogen-bond donors (Lipinski definition) is 0. The van der Waals surface area contributed by atoms with Crippen molar-refractivity contribution in [1.29, 1.82) is 0 Å². The van der Waals surface area contributed by atoms with Gasteiger partial charge >= 0.3 is 0 Å². The fourth-order valence-corrected chi connectivity index (χ4v) is 6.86. The standard InChI is InChI=1S/C42H48N4/c1-28-8-10-40(11-9-28)46(27-35-12-15-44-42(23-35)38-20-31(4)34(7)32(5)21-38)41-13-16-45(17-14-41)26-36-22-39(25-43-24-36)37-18-29(2)33(6)30(3)19-37/h8-12,15,18-25,41H,13-14,16-17,26-27H2,1-7H3. The van der Waals surface area contributed by atoms with Crippen molar-refractivity contribution in [3.63, 3.8) is 0 Å². The van der Waals surface area contributed by atoms with Crippen molar-refractivity contribution in [2.45, 2.75) is 80.4 Å². The summed E-state index contributed by atoms with van der Waals surface area (Å²) in [6.07, 6.45) is 8.29. The predicted molar refractivity (Wildman–Crippen MR) is 193 cm³/mol. The zero-order valence-corrected chi connectivity index (χ0v) is 28.7. The Hall–Kier alpha value is -4.28. The molecule has 5 aromatic rings. The summed E-state index contributed by atoms with van der Waals surface area (Å²) >= 11 is 0. The molecule has 0 amide bonds. The second kappa shape index (κ2) is 13.6. The predicted octanol–water partition coefficient (Wildman–Crippen LogP) is 9.64. The van der Waals surface area contributed by atoms with E-state index in [1.807, 2.05) is 18.6 Å². The molecule has 4 nitrogen and oxygen atoms in total. The van der Waals surface area contributed by atoms with E-state index in [9.17, 15) is 0 Å². The van der Waals surface area contributed by atoms with E-state index in [4.69, 9.17) is 4.98 Å². The number of aryl methyl sites for hydroxylation is 5. The van der Waals surface area contributed by atoms with Crippen LogP contribution < -0.4 is 4.90 Å². The summed E-state index contributed by atoms with van der Waals surface area (Å²) in [6, 6.07) is 25.5. The minimum absolute atomic E-state index is 0.474. The number of rotatable bonds is 8. The summed E-state index contributed by atoms with van der Waals surface area (Å²) < 4.78 is 0. The van der Waals surface area contributed by atoms with Crippen LogP contribution in [0.2, 0.25) is 0 Å². The van der Waals surface area contributed by atoms with Gasteiger partial charge in [0.2, 0.25) is 0 Å². The van der Waals surface area contributed by atoms with Crippen LogP contribution in [-0.4, -0.2) is 34.0 Å². The molecular weight excluding hydrogens is 560 g/mol. The number of pyridine rings is 2. The third kappa shape index (κ3) is 7.08. The largest absolute Gasteiger partial charge is 0.364 e. The highest BCUT2D eigenvalue weighted by Crippen LogP contribution is 2.30. The molecule has 236 valence electrons. The lowest BCUT2D eigenvalue weighted by atomic mass is 9.96. The molecule has 0 unspecified atom stereocenters. The Bertz CT molecular complexity index is 1780. The van der Waals surface area contributed by atoms with E-state index in [2.05, 4.69) is 130 Å².